The molecule has 0 bridgehead atoms. The predicted octanol–water partition coefficient (Wildman–Crippen LogP) is 2.00. The summed E-state index contributed by atoms with van der Waals surface area (Å²) in [6.45, 7) is 11.2. The number of nitrogens with zero attached hydrogens (tertiary/aromatic N) is 4. The molecule has 0 aliphatic carbocycles. The second-order valence-corrected chi connectivity index (χ2v) is 8.45. The Morgan fingerprint density at radius 2 is 1.71 bits per heavy atom. The number of hydrogen-bond donors (Lipinski definition) is 0. The van der Waals surface area contributed by atoms with Gasteiger partial charge in [-0.1, -0.05) is 19.1 Å². The van der Waals surface area contributed by atoms with E-state index in [2.05, 4.69) is 11.8 Å². The van der Waals surface area contributed by atoms with E-state index in [0.29, 0.717) is 32.7 Å². The van der Waals surface area contributed by atoms with E-state index < -0.39 is 0 Å². The van der Waals surface area contributed by atoms with E-state index in [9.17, 15) is 14.4 Å². The molecular weight excluding hydrogens is 392 g/mol. The second-order valence-electron chi connectivity index (χ2n) is 8.45. The summed E-state index contributed by atoms with van der Waals surface area (Å²) in [5.41, 5.74) is 2.10. The fourth-order valence-corrected chi connectivity index (χ4v) is 4.51. The lowest BCUT2D eigenvalue weighted by atomic mass is 10.1. The Balaban J connectivity index is 1.55. The molecule has 1 unspecified atom stereocenters. The lowest BCUT2D eigenvalue weighted by Gasteiger charge is -2.26. The number of hydrogen-bond acceptors (Lipinski definition) is 4. The molecule has 0 spiro atoms. The van der Waals surface area contributed by atoms with Crippen LogP contribution >= 0.6 is 0 Å². The number of carbonyl (C=O) groups is 3. The van der Waals surface area contributed by atoms with Gasteiger partial charge in [-0.05, 0) is 44.4 Å². The summed E-state index contributed by atoms with van der Waals surface area (Å²) < 4.78 is 0. The molecule has 0 radical (unpaired) electrons. The number of carbonyl (C=O) groups excluding carboxylic acids is 3. The lowest BCUT2D eigenvalue weighted by molar-refractivity contribution is -0.135. The van der Waals surface area contributed by atoms with Crippen molar-refractivity contribution < 1.29 is 14.4 Å². The normalized spacial score (nSPS) is 20.1. The molecule has 31 heavy (non-hydrogen) atoms. The third kappa shape index (κ3) is 5.64. The van der Waals surface area contributed by atoms with Crippen LogP contribution in [-0.2, 0) is 20.8 Å². The highest BCUT2D eigenvalue weighted by Crippen LogP contribution is 2.27. The molecule has 7 heteroatoms. The molecule has 3 amide bonds. The number of rotatable bonds is 7. The van der Waals surface area contributed by atoms with Crippen LogP contribution in [0.4, 0.5) is 5.69 Å². The molecule has 0 saturated carbocycles. The van der Waals surface area contributed by atoms with Gasteiger partial charge in [0.25, 0.3) is 0 Å². The van der Waals surface area contributed by atoms with Crippen LogP contribution in [0.5, 0.6) is 0 Å². The Hall–Kier alpha value is -2.41. The van der Waals surface area contributed by atoms with Crippen LogP contribution in [0.15, 0.2) is 24.3 Å². The van der Waals surface area contributed by atoms with E-state index in [1.54, 1.807) is 4.90 Å². The summed E-state index contributed by atoms with van der Waals surface area (Å²) in [6.07, 6.45) is 2.08. The number of benzene rings is 1. The van der Waals surface area contributed by atoms with Crippen molar-refractivity contribution in [3.8, 4) is 0 Å². The quantitative estimate of drug-likeness (QED) is 0.666. The first-order chi connectivity index (χ1) is 15.0. The highest BCUT2D eigenvalue weighted by molar-refractivity contribution is 6.00. The summed E-state index contributed by atoms with van der Waals surface area (Å²) in [7, 11) is 0. The molecule has 1 atom stereocenters. The smallest absolute Gasteiger partial charge is 0.236 e. The molecule has 3 rings (SSSR count). The number of aryl methyl sites for hydroxylation is 1. The predicted molar refractivity (Wildman–Crippen MR) is 122 cm³/mol. The average molecular weight is 429 g/mol. The molecule has 170 valence electrons. The minimum absolute atomic E-state index is 0.0175. The maximum Gasteiger partial charge on any atom is 0.236 e. The molecule has 2 heterocycles. The topological polar surface area (TPSA) is 64.2 Å². The van der Waals surface area contributed by atoms with Crippen LogP contribution in [0.25, 0.3) is 0 Å². The molecule has 1 aromatic carbocycles. The highest BCUT2D eigenvalue weighted by atomic mass is 16.2. The van der Waals surface area contributed by atoms with E-state index in [1.165, 1.54) is 5.56 Å². The van der Waals surface area contributed by atoms with Gasteiger partial charge in [-0.15, -0.1) is 0 Å². The molecule has 2 aliphatic heterocycles. The highest BCUT2D eigenvalue weighted by Gasteiger charge is 2.37. The molecule has 0 N–H and O–H groups in total. The molecule has 2 aliphatic rings. The Kier molecular flexibility index (Phi) is 8.07. The summed E-state index contributed by atoms with van der Waals surface area (Å²) in [5.74, 6) is -0.0556. The first-order valence-electron chi connectivity index (χ1n) is 11.6. The van der Waals surface area contributed by atoms with Gasteiger partial charge in [0, 0.05) is 57.9 Å². The van der Waals surface area contributed by atoms with Gasteiger partial charge in [0.1, 0.15) is 0 Å². The zero-order valence-electron chi connectivity index (χ0n) is 19.2. The monoisotopic (exact) mass is 428 g/mol. The van der Waals surface area contributed by atoms with Crippen LogP contribution in [0, 0.1) is 5.92 Å². The fourth-order valence-electron chi connectivity index (χ4n) is 4.51. The van der Waals surface area contributed by atoms with Gasteiger partial charge in [0.05, 0.1) is 12.5 Å². The van der Waals surface area contributed by atoms with Crippen LogP contribution in [0.1, 0.15) is 39.2 Å². The first-order valence-corrected chi connectivity index (χ1v) is 11.6. The van der Waals surface area contributed by atoms with E-state index in [0.717, 1.165) is 38.2 Å². The van der Waals surface area contributed by atoms with Crippen LogP contribution in [-0.4, -0.2) is 84.8 Å². The fraction of sp³-hybridized carbons (Fsp3) is 0.625. The third-order valence-corrected chi connectivity index (χ3v) is 6.51. The SMILES string of the molecule is CCc1ccc(N2CC(C(=O)N3CCCN(CC(=O)N(CC)CC)CC3)CC2=O)cc1. The average Bonchev–Trinajstić information content (AvgIpc) is 3.02. The molecule has 1 aromatic rings. The summed E-state index contributed by atoms with van der Waals surface area (Å²) in [5, 5.41) is 0. The van der Waals surface area contributed by atoms with E-state index in [-0.39, 0.29) is 30.1 Å². The lowest BCUT2D eigenvalue weighted by Crippen LogP contribution is -2.43. The van der Waals surface area contributed by atoms with Crippen molar-refractivity contribution in [2.45, 2.75) is 40.0 Å². The Labute approximate surface area is 186 Å². The van der Waals surface area contributed by atoms with Crippen molar-refractivity contribution in [2.75, 3.05) is 57.3 Å². The zero-order valence-corrected chi connectivity index (χ0v) is 19.2. The number of amides is 3. The summed E-state index contributed by atoms with van der Waals surface area (Å²) in [4.78, 5) is 45.8. The van der Waals surface area contributed by atoms with Crippen molar-refractivity contribution in [3.05, 3.63) is 29.8 Å². The van der Waals surface area contributed by atoms with Gasteiger partial charge >= 0.3 is 0 Å². The Morgan fingerprint density at radius 3 is 2.35 bits per heavy atom. The molecular formula is C24H36N4O3. The van der Waals surface area contributed by atoms with Gasteiger partial charge < -0.3 is 14.7 Å². The number of anilines is 1. The standard InChI is InChI=1S/C24H36N4O3/c1-4-19-8-10-21(11-9-19)28-17-20(16-22(28)29)24(31)27-13-7-12-25(14-15-27)18-23(30)26(5-2)6-3/h8-11,20H,4-7,12-18H2,1-3H3. The Morgan fingerprint density at radius 1 is 1.00 bits per heavy atom. The van der Waals surface area contributed by atoms with Gasteiger partial charge in [0.15, 0.2) is 0 Å². The Bertz CT molecular complexity index is 776. The van der Waals surface area contributed by atoms with Crippen LogP contribution in [0.2, 0.25) is 0 Å². The van der Waals surface area contributed by atoms with Crippen LogP contribution < -0.4 is 4.90 Å². The first kappa shape index (κ1) is 23.3. The van der Waals surface area contributed by atoms with Crippen molar-refractivity contribution >= 4 is 23.4 Å². The van der Waals surface area contributed by atoms with Crippen molar-refractivity contribution in [1.29, 1.82) is 0 Å². The third-order valence-electron chi connectivity index (χ3n) is 6.51. The number of likely N-dealkylation sites (N-methyl/N-ethyl adjacent to an activating group) is 1. The summed E-state index contributed by atoms with van der Waals surface area (Å²) >= 11 is 0. The largest absolute Gasteiger partial charge is 0.342 e. The van der Waals surface area contributed by atoms with E-state index >= 15 is 0 Å². The van der Waals surface area contributed by atoms with Gasteiger partial charge in [-0.3, -0.25) is 19.3 Å². The molecule has 0 aromatic heterocycles. The second kappa shape index (κ2) is 10.8. The maximum absolute atomic E-state index is 13.2. The molecule has 7 nitrogen and oxygen atoms in total. The van der Waals surface area contributed by atoms with Gasteiger partial charge in [-0.2, -0.15) is 0 Å². The van der Waals surface area contributed by atoms with E-state index in [4.69, 9.17) is 0 Å². The van der Waals surface area contributed by atoms with Gasteiger partial charge in [0.2, 0.25) is 17.7 Å². The minimum Gasteiger partial charge on any atom is -0.342 e. The van der Waals surface area contributed by atoms with E-state index in [1.807, 2.05) is 47.9 Å². The summed E-state index contributed by atoms with van der Waals surface area (Å²) in [6, 6.07) is 8.03. The zero-order chi connectivity index (χ0) is 22.4. The van der Waals surface area contributed by atoms with Crippen LogP contribution in [0.3, 0.4) is 0 Å². The maximum atomic E-state index is 13.2. The van der Waals surface area contributed by atoms with Gasteiger partial charge in [-0.25, -0.2) is 0 Å². The molecule has 2 saturated heterocycles. The minimum atomic E-state index is -0.290. The molecule has 2 fully saturated rings. The van der Waals surface area contributed by atoms with Crippen molar-refractivity contribution in [1.82, 2.24) is 14.7 Å². The van der Waals surface area contributed by atoms with Crippen molar-refractivity contribution in [2.24, 2.45) is 5.92 Å². The van der Waals surface area contributed by atoms with Crippen molar-refractivity contribution in [3.63, 3.8) is 0 Å².